The molecule has 9 nitrogen and oxygen atoms in total. The Balaban J connectivity index is 1.17. The summed E-state index contributed by atoms with van der Waals surface area (Å²) >= 11 is 0. The van der Waals surface area contributed by atoms with Gasteiger partial charge in [-0.1, -0.05) is 29.5 Å². The van der Waals surface area contributed by atoms with Crippen molar-refractivity contribution in [2.45, 2.75) is 6.42 Å². The second-order valence-corrected chi connectivity index (χ2v) is 8.47. The van der Waals surface area contributed by atoms with Crippen molar-refractivity contribution < 1.29 is 13.9 Å². The molecule has 0 saturated carbocycles. The summed E-state index contributed by atoms with van der Waals surface area (Å²) in [6.45, 7) is 0. The number of nitrogens with zero attached hydrogens (tertiary/aromatic N) is 5. The Hall–Kier alpha value is -5.38. The number of carbonyl (C=O) groups is 1. The number of rotatable bonds is 7. The number of fused-ring (bicyclic) bond motifs is 1. The predicted molar refractivity (Wildman–Crippen MR) is 139 cm³/mol. The van der Waals surface area contributed by atoms with Crippen molar-refractivity contribution >= 4 is 22.9 Å². The highest BCUT2D eigenvalue weighted by Crippen LogP contribution is 2.26. The van der Waals surface area contributed by atoms with E-state index >= 15 is 0 Å². The fourth-order valence-electron chi connectivity index (χ4n) is 4.06. The van der Waals surface area contributed by atoms with Gasteiger partial charge in [-0.25, -0.2) is 9.37 Å². The number of hydrogen-bond acceptors (Lipinski definition) is 6. The molecule has 0 aliphatic carbocycles. The molecule has 0 spiro atoms. The Labute approximate surface area is 215 Å². The van der Waals surface area contributed by atoms with E-state index in [1.807, 2.05) is 48.5 Å². The molecule has 0 aliphatic heterocycles. The van der Waals surface area contributed by atoms with Crippen molar-refractivity contribution in [2.24, 2.45) is 0 Å². The SMILES string of the molecule is O=C(Nc1nc2ccccc2n1-c1ccc(F)cc1)c1ccc(Oc2ccc(Cc3nn[nH]n3)cc2)cc1. The third-order valence-electron chi connectivity index (χ3n) is 5.90. The van der Waals surface area contributed by atoms with Crippen LogP contribution in [0.15, 0.2) is 97.1 Å². The number of tetrazole rings is 1. The number of amides is 1. The molecular formula is C28H20FN7O2. The number of imidazole rings is 1. The van der Waals surface area contributed by atoms with Crippen molar-refractivity contribution in [2.75, 3.05) is 5.32 Å². The van der Waals surface area contributed by atoms with E-state index in [-0.39, 0.29) is 11.7 Å². The third-order valence-corrected chi connectivity index (χ3v) is 5.90. The second kappa shape index (κ2) is 9.94. The molecule has 0 radical (unpaired) electrons. The lowest BCUT2D eigenvalue weighted by atomic mass is 10.1. The van der Waals surface area contributed by atoms with Crippen LogP contribution in [0.25, 0.3) is 16.7 Å². The van der Waals surface area contributed by atoms with E-state index in [2.05, 4.69) is 30.9 Å². The van der Waals surface area contributed by atoms with E-state index in [9.17, 15) is 9.18 Å². The number of H-pyrrole nitrogens is 1. The molecule has 6 rings (SSSR count). The Kier molecular flexibility index (Phi) is 6.03. The quantitative estimate of drug-likeness (QED) is 0.304. The maximum Gasteiger partial charge on any atom is 0.257 e. The zero-order valence-corrected chi connectivity index (χ0v) is 19.9. The molecule has 0 saturated heterocycles. The average Bonchev–Trinajstić information content (AvgIpc) is 3.58. The van der Waals surface area contributed by atoms with Crippen molar-refractivity contribution in [3.8, 4) is 17.2 Å². The highest BCUT2D eigenvalue weighted by Gasteiger charge is 2.16. The molecule has 10 heteroatoms. The molecule has 0 unspecified atom stereocenters. The van der Waals surface area contributed by atoms with Gasteiger partial charge in [0.1, 0.15) is 17.3 Å². The number of hydrogen-bond donors (Lipinski definition) is 2. The Bertz CT molecular complexity index is 1700. The van der Waals surface area contributed by atoms with Gasteiger partial charge in [0, 0.05) is 17.7 Å². The Morgan fingerprint density at radius 1 is 0.895 bits per heavy atom. The van der Waals surface area contributed by atoms with Crippen LogP contribution in [-0.4, -0.2) is 36.1 Å². The molecule has 38 heavy (non-hydrogen) atoms. The van der Waals surface area contributed by atoms with Crippen LogP contribution in [0.1, 0.15) is 21.7 Å². The molecule has 0 fully saturated rings. The van der Waals surface area contributed by atoms with Crippen LogP contribution in [0, 0.1) is 5.82 Å². The van der Waals surface area contributed by atoms with Crippen LogP contribution in [0.4, 0.5) is 10.3 Å². The lowest BCUT2D eigenvalue weighted by Crippen LogP contribution is -2.15. The van der Waals surface area contributed by atoms with Gasteiger partial charge < -0.3 is 4.74 Å². The molecule has 6 aromatic rings. The van der Waals surface area contributed by atoms with Crippen molar-refractivity contribution in [1.29, 1.82) is 0 Å². The van der Waals surface area contributed by atoms with Crippen LogP contribution >= 0.6 is 0 Å². The van der Waals surface area contributed by atoms with Crippen LogP contribution in [-0.2, 0) is 6.42 Å². The summed E-state index contributed by atoms with van der Waals surface area (Å²) in [6.07, 6.45) is 0.565. The van der Waals surface area contributed by atoms with Crippen LogP contribution in [0.3, 0.4) is 0 Å². The van der Waals surface area contributed by atoms with Crippen molar-refractivity contribution in [1.82, 2.24) is 30.2 Å². The summed E-state index contributed by atoms with van der Waals surface area (Å²) in [7, 11) is 0. The lowest BCUT2D eigenvalue weighted by Gasteiger charge is -2.11. The summed E-state index contributed by atoms with van der Waals surface area (Å²) in [6, 6.07) is 27.9. The fourth-order valence-corrected chi connectivity index (χ4v) is 4.06. The molecular weight excluding hydrogens is 485 g/mol. The van der Waals surface area contributed by atoms with E-state index in [1.54, 1.807) is 41.0 Å². The van der Waals surface area contributed by atoms with E-state index < -0.39 is 0 Å². The Morgan fingerprint density at radius 3 is 2.32 bits per heavy atom. The number of anilines is 1. The number of carbonyl (C=O) groups excluding carboxylic acids is 1. The normalized spacial score (nSPS) is 11.0. The third kappa shape index (κ3) is 4.82. The molecule has 186 valence electrons. The summed E-state index contributed by atoms with van der Waals surface area (Å²) in [5.74, 6) is 1.52. The molecule has 0 aliphatic rings. The van der Waals surface area contributed by atoms with Gasteiger partial charge in [-0.15, -0.1) is 10.2 Å². The van der Waals surface area contributed by atoms with E-state index in [1.165, 1.54) is 12.1 Å². The average molecular weight is 506 g/mol. The number of para-hydroxylation sites is 2. The number of benzene rings is 4. The van der Waals surface area contributed by atoms with E-state index in [0.29, 0.717) is 46.5 Å². The number of aromatic amines is 1. The lowest BCUT2D eigenvalue weighted by molar-refractivity contribution is 0.102. The Morgan fingerprint density at radius 2 is 1.61 bits per heavy atom. The van der Waals surface area contributed by atoms with Gasteiger partial charge in [-0.3, -0.25) is 14.7 Å². The topological polar surface area (TPSA) is 111 Å². The summed E-state index contributed by atoms with van der Waals surface area (Å²) in [4.78, 5) is 17.7. The molecule has 4 aromatic carbocycles. The zero-order valence-electron chi connectivity index (χ0n) is 19.9. The van der Waals surface area contributed by atoms with E-state index in [4.69, 9.17) is 4.74 Å². The second-order valence-electron chi connectivity index (χ2n) is 8.47. The number of halogens is 1. The maximum atomic E-state index is 13.5. The van der Waals surface area contributed by atoms with Crippen LogP contribution in [0.5, 0.6) is 11.5 Å². The minimum absolute atomic E-state index is 0.332. The number of nitrogens with one attached hydrogen (secondary N) is 2. The first-order chi connectivity index (χ1) is 18.6. The molecule has 2 heterocycles. The molecule has 0 atom stereocenters. The predicted octanol–water partition coefficient (Wildman–Crippen LogP) is 5.31. The molecule has 0 bridgehead atoms. The summed E-state index contributed by atoms with van der Waals surface area (Å²) in [5.41, 5.74) is 3.64. The first kappa shape index (κ1) is 23.0. The van der Waals surface area contributed by atoms with E-state index in [0.717, 1.165) is 11.1 Å². The van der Waals surface area contributed by atoms with Gasteiger partial charge in [0.15, 0.2) is 5.82 Å². The smallest absolute Gasteiger partial charge is 0.257 e. The highest BCUT2D eigenvalue weighted by molar-refractivity contribution is 6.04. The fraction of sp³-hybridized carbons (Fsp3) is 0.0357. The van der Waals surface area contributed by atoms with Gasteiger partial charge in [-0.05, 0) is 78.4 Å². The molecule has 1 amide bonds. The van der Waals surface area contributed by atoms with Gasteiger partial charge in [0.05, 0.1) is 11.0 Å². The molecule has 2 aromatic heterocycles. The van der Waals surface area contributed by atoms with Gasteiger partial charge in [-0.2, -0.15) is 5.21 Å². The van der Waals surface area contributed by atoms with Gasteiger partial charge >= 0.3 is 0 Å². The monoisotopic (exact) mass is 505 g/mol. The van der Waals surface area contributed by atoms with Gasteiger partial charge in [0.2, 0.25) is 5.95 Å². The largest absolute Gasteiger partial charge is 0.457 e. The van der Waals surface area contributed by atoms with Gasteiger partial charge in [0.25, 0.3) is 5.91 Å². The first-order valence-electron chi connectivity index (χ1n) is 11.8. The summed E-state index contributed by atoms with van der Waals surface area (Å²) < 4.78 is 21.2. The maximum absolute atomic E-state index is 13.5. The highest BCUT2D eigenvalue weighted by atomic mass is 19.1. The number of aromatic nitrogens is 6. The summed E-state index contributed by atoms with van der Waals surface area (Å²) in [5, 5.41) is 16.8. The molecule has 2 N–H and O–H groups in total. The minimum Gasteiger partial charge on any atom is -0.457 e. The zero-order chi connectivity index (χ0) is 25.9. The minimum atomic E-state index is -0.342. The van der Waals surface area contributed by atoms with Crippen LogP contribution in [0.2, 0.25) is 0 Å². The van der Waals surface area contributed by atoms with Crippen molar-refractivity contribution in [3.05, 3.63) is 120 Å². The number of ether oxygens (including phenoxy) is 1. The van der Waals surface area contributed by atoms with Crippen LogP contribution < -0.4 is 10.1 Å². The van der Waals surface area contributed by atoms with Crippen molar-refractivity contribution in [3.63, 3.8) is 0 Å². The standard InChI is InChI=1S/C28H20FN7O2/c29-20-9-11-21(12-10-20)36-25-4-2-1-3-24(25)30-28(36)31-27(37)19-7-15-23(16-8-19)38-22-13-5-18(6-14-22)17-26-32-34-35-33-26/h1-16H,17H2,(H,30,31,37)(H,32,33,34,35). The first-order valence-corrected chi connectivity index (χ1v) is 11.8.